The van der Waals surface area contributed by atoms with Crippen LogP contribution in [-0.2, 0) is 65.8 Å². The highest BCUT2D eigenvalue weighted by Gasteiger charge is 2.68. The van der Waals surface area contributed by atoms with E-state index in [1.807, 2.05) is 5.32 Å². The Labute approximate surface area is 437 Å². The molecule has 1 saturated carbocycles. The Morgan fingerprint density at radius 1 is 0.922 bits per heavy atom. The first-order valence-corrected chi connectivity index (χ1v) is 26.8. The first-order valence-electron chi connectivity index (χ1n) is 22.7. The minimum absolute atomic E-state index is 0.156. The number of nitrogens with one attached hydrogen (secondary N) is 2. The molecule has 4 atom stereocenters. The molecule has 2 aliphatic rings. The third-order valence-corrected chi connectivity index (χ3v) is 15.5. The maximum atomic E-state index is 15.6. The number of sulfone groups is 1. The minimum atomic E-state index is -5.25. The van der Waals surface area contributed by atoms with E-state index in [-0.39, 0.29) is 36.9 Å². The molecule has 7 rings (SSSR count). The molecular weight excluding hydrogens is 1110 g/mol. The normalized spacial score (nSPS) is 17.2. The molecule has 0 radical (unpaired) electrons. The van der Waals surface area contributed by atoms with Gasteiger partial charge in [-0.2, -0.15) is 49.6 Å². The molecule has 3 amide bonds. The number of hydrogen-bond acceptors (Lipinski definition) is 12. The standard InChI is InChI=1S/C47H45ClF10N8O9S2/c1-43(2,3)75-41(69)32(20-67)61-42(70)66(77(7,73)74)40-35-30(48)11-10-27(37(35)65(63-40)21-45(51,52)53)26-9-8-25(12-13-44(4,5)76(6,71)72)59-36(26)31(16-22-14-23(49)17-24(50)15-22)60-33(68)19-64-39-34(38(62-64)47(56,57)58)28-18-29(28)46(39,54)55/h8-11,14-15,17,28-29,31-32,67H,16,18-21H2,1-7H3,(H,60,68)(H,61,70)/t28-,29+,31-,32-/m0/s1. The van der Waals surface area contributed by atoms with Gasteiger partial charge in [0.15, 0.2) is 27.4 Å². The molecule has 2 aromatic carbocycles. The molecule has 2 aliphatic carbocycles. The van der Waals surface area contributed by atoms with Gasteiger partial charge in [0, 0.05) is 34.9 Å². The second-order valence-corrected chi connectivity index (χ2v) is 24.6. The molecule has 0 spiro atoms. The van der Waals surface area contributed by atoms with E-state index in [1.165, 1.54) is 34.6 Å². The summed E-state index contributed by atoms with van der Waals surface area (Å²) < 4.78 is 204. The first-order chi connectivity index (χ1) is 35.2. The van der Waals surface area contributed by atoms with E-state index >= 15 is 8.78 Å². The lowest BCUT2D eigenvalue weighted by Gasteiger charge is -2.25. The molecule has 0 unspecified atom stereocenters. The number of pyridine rings is 1. The average Bonchev–Trinajstić information content (AvgIpc) is 3.78. The number of hydrogen-bond donors (Lipinski definition) is 3. The number of carbonyl (C=O) groups is 3. The number of anilines is 1. The van der Waals surface area contributed by atoms with Crippen LogP contribution in [0.5, 0.6) is 0 Å². The van der Waals surface area contributed by atoms with Crippen LogP contribution < -0.4 is 14.9 Å². The van der Waals surface area contributed by atoms with Crippen molar-refractivity contribution in [2.75, 3.05) is 23.4 Å². The summed E-state index contributed by atoms with van der Waals surface area (Å²) in [4.78, 5) is 45.6. The van der Waals surface area contributed by atoms with Crippen molar-refractivity contribution in [2.24, 2.45) is 5.92 Å². The Morgan fingerprint density at radius 3 is 2.10 bits per heavy atom. The van der Waals surface area contributed by atoms with Gasteiger partial charge in [-0.25, -0.2) is 40.2 Å². The molecule has 77 heavy (non-hydrogen) atoms. The predicted molar refractivity (Wildman–Crippen MR) is 255 cm³/mol. The van der Waals surface area contributed by atoms with Crippen molar-refractivity contribution in [3.63, 3.8) is 0 Å². The number of benzene rings is 2. The third kappa shape index (κ3) is 12.3. The number of alkyl halides is 8. The van der Waals surface area contributed by atoms with Crippen molar-refractivity contribution in [1.82, 2.24) is 35.2 Å². The van der Waals surface area contributed by atoms with Crippen molar-refractivity contribution >= 4 is 66.1 Å². The number of ether oxygens (including phenoxy) is 1. The van der Waals surface area contributed by atoms with E-state index in [9.17, 15) is 71.4 Å². The van der Waals surface area contributed by atoms with Crippen molar-refractivity contribution in [2.45, 2.75) is 107 Å². The number of amides is 3. The lowest BCUT2D eigenvalue weighted by atomic mass is 9.93. The largest absolute Gasteiger partial charge is 0.458 e. The van der Waals surface area contributed by atoms with E-state index in [4.69, 9.17) is 16.3 Å². The summed E-state index contributed by atoms with van der Waals surface area (Å²) in [6, 6.07) is 0.711. The maximum Gasteiger partial charge on any atom is 0.435 e. The molecule has 0 bridgehead atoms. The van der Waals surface area contributed by atoms with Gasteiger partial charge >= 0.3 is 24.4 Å². The monoisotopic (exact) mass is 1150 g/mol. The Kier molecular flexibility index (Phi) is 15.2. The molecule has 416 valence electrons. The predicted octanol–water partition coefficient (Wildman–Crippen LogP) is 7.47. The summed E-state index contributed by atoms with van der Waals surface area (Å²) in [7, 11) is -8.97. The van der Waals surface area contributed by atoms with Gasteiger partial charge in [0.2, 0.25) is 15.9 Å². The van der Waals surface area contributed by atoms with E-state index in [2.05, 4.69) is 32.3 Å². The summed E-state index contributed by atoms with van der Waals surface area (Å²) >= 11 is 6.65. The van der Waals surface area contributed by atoms with Crippen molar-refractivity contribution in [3.05, 3.63) is 93.0 Å². The Hall–Kier alpha value is -6.51. The quantitative estimate of drug-likeness (QED) is 0.0560. The molecule has 3 N–H and O–H groups in total. The zero-order valence-electron chi connectivity index (χ0n) is 41.3. The second kappa shape index (κ2) is 20.1. The highest BCUT2D eigenvalue weighted by atomic mass is 35.5. The van der Waals surface area contributed by atoms with Crippen LogP contribution in [0, 0.1) is 29.4 Å². The van der Waals surface area contributed by atoms with E-state index < -0.39 is 178 Å². The molecule has 0 saturated heterocycles. The Bertz CT molecular complexity index is 3510. The van der Waals surface area contributed by atoms with Gasteiger partial charge in [0.25, 0.3) is 5.92 Å². The van der Waals surface area contributed by atoms with Gasteiger partial charge in [-0.05, 0) is 95.2 Å². The average molecular weight is 1160 g/mol. The van der Waals surface area contributed by atoms with Crippen molar-refractivity contribution < 1.29 is 85.0 Å². The molecule has 5 aromatic rings. The van der Waals surface area contributed by atoms with Crippen LogP contribution >= 0.6 is 11.6 Å². The topological polar surface area (TPSA) is 225 Å². The van der Waals surface area contributed by atoms with Gasteiger partial charge in [0.1, 0.15) is 46.5 Å². The van der Waals surface area contributed by atoms with Gasteiger partial charge in [-0.3, -0.25) is 14.2 Å². The number of sulfonamides is 1. The minimum Gasteiger partial charge on any atom is -0.458 e. The zero-order valence-corrected chi connectivity index (χ0v) is 43.6. The van der Waals surface area contributed by atoms with Gasteiger partial charge in [-0.15, -0.1) is 0 Å². The fraction of sp³-hybridized carbons (Fsp3) is 0.447. The summed E-state index contributed by atoms with van der Waals surface area (Å²) in [5.74, 6) is -7.65. The number of rotatable bonds is 14. The van der Waals surface area contributed by atoms with Crippen LogP contribution in [0.1, 0.15) is 86.9 Å². The third-order valence-electron chi connectivity index (χ3n) is 12.2. The molecular formula is C47H45ClF10N8O9S2. The number of aliphatic hydroxyl groups excluding tert-OH is 1. The lowest BCUT2D eigenvalue weighted by Crippen LogP contribution is -2.52. The Balaban J connectivity index is 1.48. The summed E-state index contributed by atoms with van der Waals surface area (Å²) in [5.41, 5.74) is -7.54. The summed E-state index contributed by atoms with van der Waals surface area (Å²) in [6.45, 7) is 2.13. The smallest absolute Gasteiger partial charge is 0.435 e. The highest BCUT2D eigenvalue weighted by Crippen LogP contribution is 2.68. The number of esters is 1. The van der Waals surface area contributed by atoms with Crippen LogP contribution in [0.25, 0.3) is 22.0 Å². The Morgan fingerprint density at radius 2 is 1.55 bits per heavy atom. The maximum absolute atomic E-state index is 15.6. The van der Waals surface area contributed by atoms with Crippen molar-refractivity contribution in [3.8, 4) is 23.0 Å². The molecule has 0 aliphatic heterocycles. The fourth-order valence-electron chi connectivity index (χ4n) is 8.56. The van der Waals surface area contributed by atoms with Crippen molar-refractivity contribution in [1.29, 1.82) is 0 Å². The summed E-state index contributed by atoms with van der Waals surface area (Å²) in [6.07, 6.45) is -10.2. The van der Waals surface area contributed by atoms with E-state index in [0.29, 0.717) is 12.3 Å². The number of carbonyl (C=O) groups excluding carboxylic acids is 3. The highest BCUT2D eigenvalue weighted by molar-refractivity contribution is 7.93. The number of aromatic nitrogens is 5. The van der Waals surface area contributed by atoms with Crippen LogP contribution in [0.15, 0.2) is 42.5 Å². The van der Waals surface area contributed by atoms with Crippen LogP contribution in [0.3, 0.4) is 0 Å². The number of nitrogens with zero attached hydrogens (tertiary/aromatic N) is 6. The van der Waals surface area contributed by atoms with Crippen LogP contribution in [0.2, 0.25) is 5.02 Å². The lowest BCUT2D eigenvalue weighted by molar-refractivity contribution is -0.158. The van der Waals surface area contributed by atoms with Crippen LogP contribution in [0.4, 0.5) is 54.5 Å². The van der Waals surface area contributed by atoms with Gasteiger partial charge in [0.05, 0.1) is 40.5 Å². The molecule has 3 aromatic heterocycles. The molecule has 1 fully saturated rings. The first kappa shape index (κ1) is 58.2. The zero-order chi connectivity index (χ0) is 57.5. The van der Waals surface area contributed by atoms with Gasteiger partial charge < -0.3 is 20.5 Å². The molecule has 17 nitrogen and oxygen atoms in total. The fourth-order valence-corrected chi connectivity index (χ4v) is 9.83. The van der Waals surface area contributed by atoms with E-state index in [0.717, 1.165) is 42.7 Å². The van der Waals surface area contributed by atoms with Crippen LogP contribution in [-0.4, -0.2) is 106 Å². The SMILES string of the molecule is CC(C)(C)OC(=O)[C@H](CO)NC(=O)N(c1nn(CC(F)(F)F)c2c(-c3ccc(C#CC(C)(C)S(C)(=O)=O)nc3[C@H](Cc3cc(F)cc(F)c3)NC(=O)Cn3nc(C(F)(F)F)c4c3C(F)(F)[C@@H]3C[C@H]43)ccc(Cl)c12)S(C)(=O)=O. The number of fused-ring (bicyclic) bond motifs is 4. The molecule has 3 heterocycles. The summed E-state index contributed by atoms with van der Waals surface area (Å²) in [5, 5.41) is 20.3. The number of urea groups is 1. The number of aliphatic hydroxyl groups is 1. The second-order valence-electron chi connectivity index (χ2n) is 19.8. The number of halogens is 11. The van der Waals surface area contributed by atoms with E-state index in [1.54, 1.807) is 0 Å². The van der Waals surface area contributed by atoms with Gasteiger partial charge in [-0.1, -0.05) is 23.6 Å². The molecule has 30 heteroatoms.